The highest BCUT2D eigenvalue weighted by molar-refractivity contribution is 5.77. The molecule has 0 atom stereocenters. The number of carbonyl (C=O) groups is 1. The number of amides is 1. The molecule has 4 heteroatoms. The Bertz CT molecular complexity index is 235. The third-order valence-electron chi connectivity index (χ3n) is 3.60. The first-order valence-electron chi connectivity index (χ1n) is 7.04. The Morgan fingerprint density at radius 2 is 2.00 bits per heavy atom. The summed E-state index contributed by atoms with van der Waals surface area (Å²) >= 11 is 0. The Morgan fingerprint density at radius 1 is 1.24 bits per heavy atom. The quantitative estimate of drug-likeness (QED) is 0.609. The molecule has 4 nitrogen and oxygen atoms in total. The SMILES string of the molecule is O=C(CNCCCN1CCCC1)NCC1CC1. The van der Waals surface area contributed by atoms with Crippen molar-refractivity contribution in [1.29, 1.82) is 0 Å². The number of carbonyl (C=O) groups excluding carboxylic acids is 1. The Kier molecular flexibility index (Phi) is 5.26. The Labute approximate surface area is 104 Å². The molecule has 0 aromatic carbocycles. The summed E-state index contributed by atoms with van der Waals surface area (Å²) in [7, 11) is 0. The van der Waals surface area contributed by atoms with Crippen molar-refractivity contribution in [2.45, 2.75) is 32.1 Å². The fraction of sp³-hybridized carbons (Fsp3) is 0.923. The number of likely N-dealkylation sites (tertiary alicyclic amines) is 1. The predicted octanol–water partition coefficient (Wildman–Crippen LogP) is 0.588. The predicted molar refractivity (Wildman–Crippen MR) is 68.9 cm³/mol. The molecule has 0 bridgehead atoms. The van der Waals surface area contributed by atoms with Crippen LogP contribution in [0.3, 0.4) is 0 Å². The molecular weight excluding hydrogens is 214 g/mol. The lowest BCUT2D eigenvalue weighted by Gasteiger charge is -2.14. The molecule has 2 fully saturated rings. The average molecular weight is 239 g/mol. The molecule has 1 heterocycles. The van der Waals surface area contributed by atoms with Crippen LogP contribution in [0, 0.1) is 5.92 Å². The van der Waals surface area contributed by atoms with E-state index < -0.39 is 0 Å². The van der Waals surface area contributed by atoms with Gasteiger partial charge < -0.3 is 15.5 Å². The maximum absolute atomic E-state index is 11.4. The molecule has 0 aromatic heterocycles. The van der Waals surface area contributed by atoms with E-state index in [2.05, 4.69) is 15.5 Å². The van der Waals surface area contributed by atoms with Crippen LogP contribution in [0.2, 0.25) is 0 Å². The van der Waals surface area contributed by atoms with Crippen molar-refractivity contribution >= 4 is 5.91 Å². The first kappa shape index (κ1) is 12.8. The van der Waals surface area contributed by atoms with Gasteiger partial charge >= 0.3 is 0 Å². The molecule has 1 amide bonds. The van der Waals surface area contributed by atoms with Crippen molar-refractivity contribution in [3.8, 4) is 0 Å². The van der Waals surface area contributed by atoms with Crippen LogP contribution in [0.4, 0.5) is 0 Å². The van der Waals surface area contributed by atoms with Crippen molar-refractivity contribution in [2.24, 2.45) is 5.92 Å². The van der Waals surface area contributed by atoms with Crippen LogP contribution >= 0.6 is 0 Å². The van der Waals surface area contributed by atoms with Gasteiger partial charge in [-0.3, -0.25) is 4.79 Å². The van der Waals surface area contributed by atoms with E-state index in [-0.39, 0.29) is 5.91 Å². The van der Waals surface area contributed by atoms with Gasteiger partial charge in [0.2, 0.25) is 5.91 Å². The topological polar surface area (TPSA) is 44.4 Å². The van der Waals surface area contributed by atoms with Crippen molar-refractivity contribution in [2.75, 3.05) is 39.3 Å². The highest BCUT2D eigenvalue weighted by Gasteiger charge is 2.21. The van der Waals surface area contributed by atoms with Gasteiger partial charge in [0.05, 0.1) is 6.54 Å². The van der Waals surface area contributed by atoms with Gasteiger partial charge in [0.1, 0.15) is 0 Å². The Balaban J connectivity index is 1.38. The third kappa shape index (κ3) is 5.50. The van der Waals surface area contributed by atoms with E-state index in [1.807, 2.05) is 0 Å². The van der Waals surface area contributed by atoms with Gasteiger partial charge in [0.25, 0.3) is 0 Å². The summed E-state index contributed by atoms with van der Waals surface area (Å²) in [6, 6.07) is 0. The summed E-state index contributed by atoms with van der Waals surface area (Å²) in [4.78, 5) is 13.9. The summed E-state index contributed by atoms with van der Waals surface area (Å²) in [6.45, 7) is 6.02. The Morgan fingerprint density at radius 3 is 2.71 bits per heavy atom. The lowest BCUT2D eigenvalue weighted by Crippen LogP contribution is -2.36. The average Bonchev–Trinajstić information content (AvgIpc) is 3.02. The van der Waals surface area contributed by atoms with Crippen LogP contribution in [0.5, 0.6) is 0 Å². The zero-order valence-electron chi connectivity index (χ0n) is 10.7. The normalized spacial score (nSPS) is 20.7. The highest BCUT2D eigenvalue weighted by Crippen LogP contribution is 2.27. The summed E-state index contributed by atoms with van der Waals surface area (Å²) in [5, 5.41) is 6.18. The summed E-state index contributed by atoms with van der Waals surface area (Å²) in [6.07, 6.45) is 6.46. The minimum Gasteiger partial charge on any atom is -0.355 e. The molecule has 2 aliphatic rings. The van der Waals surface area contributed by atoms with Crippen LogP contribution in [-0.2, 0) is 4.79 Å². The fourth-order valence-electron chi connectivity index (χ4n) is 2.28. The van der Waals surface area contributed by atoms with Gasteiger partial charge in [-0.25, -0.2) is 0 Å². The van der Waals surface area contributed by atoms with Gasteiger partial charge in [0, 0.05) is 6.54 Å². The monoisotopic (exact) mass is 239 g/mol. The number of rotatable bonds is 8. The molecule has 1 aliphatic heterocycles. The van der Waals surface area contributed by atoms with Gasteiger partial charge in [-0.1, -0.05) is 0 Å². The smallest absolute Gasteiger partial charge is 0.233 e. The molecule has 0 spiro atoms. The minimum absolute atomic E-state index is 0.151. The van der Waals surface area contributed by atoms with E-state index in [1.165, 1.54) is 45.3 Å². The number of nitrogens with one attached hydrogen (secondary N) is 2. The Hall–Kier alpha value is -0.610. The summed E-state index contributed by atoms with van der Waals surface area (Å²) in [5.41, 5.74) is 0. The summed E-state index contributed by atoms with van der Waals surface area (Å²) < 4.78 is 0. The van der Waals surface area contributed by atoms with Crippen molar-refractivity contribution in [3.63, 3.8) is 0 Å². The maximum Gasteiger partial charge on any atom is 0.233 e. The van der Waals surface area contributed by atoms with E-state index in [0.717, 1.165) is 25.4 Å². The second-order valence-corrected chi connectivity index (χ2v) is 5.33. The zero-order chi connectivity index (χ0) is 11.9. The summed E-state index contributed by atoms with van der Waals surface area (Å²) in [5.74, 6) is 0.923. The second kappa shape index (κ2) is 6.97. The van der Waals surface area contributed by atoms with Crippen LogP contribution in [-0.4, -0.2) is 50.1 Å². The first-order valence-corrected chi connectivity index (χ1v) is 7.04. The first-order chi connectivity index (χ1) is 8.34. The van der Waals surface area contributed by atoms with Crippen LogP contribution < -0.4 is 10.6 Å². The van der Waals surface area contributed by atoms with Crippen molar-refractivity contribution in [3.05, 3.63) is 0 Å². The lowest BCUT2D eigenvalue weighted by atomic mass is 10.3. The van der Waals surface area contributed by atoms with Gasteiger partial charge in [-0.15, -0.1) is 0 Å². The molecule has 1 saturated heterocycles. The number of nitrogens with zero attached hydrogens (tertiary/aromatic N) is 1. The number of hydrogen-bond donors (Lipinski definition) is 2. The van der Waals surface area contributed by atoms with Crippen LogP contribution in [0.1, 0.15) is 32.1 Å². The zero-order valence-corrected chi connectivity index (χ0v) is 10.7. The molecule has 0 aromatic rings. The van der Waals surface area contributed by atoms with E-state index in [4.69, 9.17) is 0 Å². The minimum atomic E-state index is 0.151. The van der Waals surface area contributed by atoms with E-state index >= 15 is 0 Å². The number of hydrogen-bond acceptors (Lipinski definition) is 3. The van der Waals surface area contributed by atoms with Crippen molar-refractivity contribution in [1.82, 2.24) is 15.5 Å². The second-order valence-electron chi connectivity index (χ2n) is 5.33. The van der Waals surface area contributed by atoms with Gasteiger partial charge in [0.15, 0.2) is 0 Å². The molecule has 0 unspecified atom stereocenters. The van der Waals surface area contributed by atoms with Gasteiger partial charge in [-0.05, 0) is 64.2 Å². The highest BCUT2D eigenvalue weighted by atomic mass is 16.1. The molecule has 1 saturated carbocycles. The van der Waals surface area contributed by atoms with Crippen LogP contribution in [0.15, 0.2) is 0 Å². The molecule has 17 heavy (non-hydrogen) atoms. The van der Waals surface area contributed by atoms with E-state index in [9.17, 15) is 4.79 Å². The molecule has 2 rings (SSSR count). The fourth-order valence-corrected chi connectivity index (χ4v) is 2.28. The molecular formula is C13H25N3O. The molecule has 98 valence electrons. The van der Waals surface area contributed by atoms with E-state index in [0.29, 0.717) is 6.54 Å². The van der Waals surface area contributed by atoms with Crippen LogP contribution in [0.25, 0.3) is 0 Å². The van der Waals surface area contributed by atoms with Crippen molar-refractivity contribution < 1.29 is 4.79 Å². The lowest BCUT2D eigenvalue weighted by molar-refractivity contribution is -0.120. The van der Waals surface area contributed by atoms with Gasteiger partial charge in [-0.2, -0.15) is 0 Å². The third-order valence-corrected chi connectivity index (χ3v) is 3.60. The largest absolute Gasteiger partial charge is 0.355 e. The van der Waals surface area contributed by atoms with E-state index in [1.54, 1.807) is 0 Å². The molecule has 0 radical (unpaired) electrons. The molecule has 1 aliphatic carbocycles. The maximum atomic E-state index is 11.4. The molecule has 2 N–H and O–H groups in total. The standard InChI is InChI=1S/C13H25N3O/c17-13(15-10-12-4-5-12)11-14-6-3-9-16-7-1-2-8-16/h12,14H,1-11H2,(H,15,17).